The highest BCUT2D eigenvalue weighted by Crippen LogP contribution is 2.49. The highest BCUT2D eigenvalue weighted by molar-refractivity contribution is 4.91. The van der Waals surface area contributed by atoms with Crippen LogP contribution in [0.25, 0.3) is 0 Å². The largest absolute Gasteiger partial charge is 0.378 e. The second-order valence-corrected chi connectivity index (χ2v) is 9.04. The number of rotatable bonds is 11. The first-order valence-corrected chi connectivity index (χ1v) is 9.90. The van der Waals surface area contributed by atoms with E-state index in [1.807, 2.05) is 19.0 Å². The summed E-state index contributed by atoms with van der Waals surface area (Å²) >= 11 is 0. The standard InChI is InChI=1S/C20H37F2NO/c1-14(11-19(24)23(3)4)5-7-17(18-12-20(21,22)13-18)8-6-15(2)16-9-10-16/h14-19,24H,5-13H2,1-4H3. The maximum absolute atomic E-state index is 13.3. The number of nitrogens with zero attached hydrogens (tertiary/aromatic N) is 1. The topological polar surface area (TPSA) is 23.5 Å². The zero-order chi connectivity index (χ0) is 17.9. The molecule has 0 aromatic heterocycles. The fraction of sp³-hybridized carbons (Fsp3) is 1.00. The summed E-state index contributed by atoms with van der Waals surface area (Å²) in [6, 6.07) is 0. The third-order valence-electron chi connectivity index (χ3n) is 6.45. The summed E-state index contributed by atoms with van der Waals surface area (Å²) in [7, 11) is 3.77. The van der Waals surface area contributed by atoms with Gasteiger partial charge < -0.3 is 5.11 Å². The molecule has 2 nitrogen and oxygen atoms in total. The van der Waals surface area contributed by atoms with E-state index in [9.17, 15) is 13.9 Å². The van der Waals surface area contributed by atoms with Crippen molar-refractivity contribution in [2.24, 2.45) is 29.6 Å². The quantitative estimate of drug-likeness (QED) is 0.523. The summed E-state index contributed by atoms with van der Waals surface area (Å²) in [5, 5.41) is 9.97. The van der Waals surface area contributed by atoms with E-state index in [4.69, 9.17) is 0 Å². The molecular weight excluding hydrogens is 308 g/mol. The van der Waals surface area contributed by atoms with Crippen LogP contribution in [0.3, 0.4) is 0 Å². The van der Waals surface area contributed by atoms with Gasteiger partial charge in [0.15, 0.2) is 0 Å². The average molecular weight is 346 g/mol. The smallest absolute Gasteiger partial charge is 0.248 e. The molecule has 0 heterocycles. The van der Waals surface area contributed by atoms with Gasteiger partial charge in [0.1, 0.15) is 6.23 Å². The minimum Gasteiger partial charge on any atom is -0.378 e. The maximum Gasteiger partial charge on any atom is 0.248 e. The van der Waals surface area contributed by atoms with E-state index in [1.54, 1.807) is 0 Å². The monoisotopic (exact) mass is 345 g/mol. The van der Waals surface area contributed by atoms with Crippen molar-refractivity contribution in [2.75, 3.05) is 14.1 Å². The van der Waals surface area contributed by atoms with Crippen molar-refractivity contribution in [3.05, 3.63) is 0 Å². The molecule has 2 aliphatic rings. The molecule has 24 heavy (non-hydrogen) atoms. The molecule has 0 amide bonds. The number of alkyl halides is 2. The van der Waals surface area contributed by atoms with Crippen LogP contribution in [0.1, 0.15) is 71.6 Å². The fourth-order valence-electron chi connectivity index (χ4n) is 4.22. The Labute approximate surface area is 147 Å². The lowest BCUT2D eigenvalue weighted by Gasteiger charge is -2.41. The molecule has 4 heteroatoms. The van der Waals surface area contributed by atoms with Crippen LogP contribution >= 0.6 is 0 Å². The van der Waals surface area contributed by atoms with Crippen LogP contribution < -0.4 is 0 Å². The van der Waals surface area contributed by atoms with E-state index in [-0.39, 0.29) is 18.8 Å². The second-order valence-electron chi connectivity index (χ2n) is 9.04. The number of hydrogen-bond acceptors (Lipinski definition) is 2. The van der Waals surface area contributed by atoms with Crippen LogP contribution in [0.5, 0.6) is 0 Å². The molecule has 0 bridgehead atoms. The predicted octanol–water partition coefficient (Wildman–Crippen LogP) is 5.16. The van der Waals surface area contributed by atoms with Crippen molar-refractivity contribution >= 4 is 0 Å². The molecule has 2 aliphatic carbocycles. The van der Waals surface area contributed by atoms with E-state index in [0.717, 1.165) is 37.5 Å². The molecule has 142 valence electrons. The molecule has 0 radical (unpaired) electrons. The van der Waals surface area contributed by atoms with E-state index in [2.05, 4.69) is 13.8 Å². The van der Waals surface area contributed by atoms with Gasteiger partial charge in [0.25, 0.3) is 0 Å². The molecular formula is C20H37F2NO. The number of aliphatic hydroxyl groups is 1. The third-order valence-corrected chi connectivity index (χ3v) is 6.45. The molecule has 1 N–H and O–H groups in total. The number of aliphatic hydroxyl groups excluding tert-OH is 1. The Kier molecular flexibility index (Phi) is 7.07. The molecule has 0 aliphatic heterocycles. The summed E-state index contributed by atoms with van der Waals surface area (Å²) in [5.74, 6) is 0.370. The Balaban J connectivity index is 1.76. The van der Waals surface area contributed by atoms with Crippen LogP contribution in [0.4, 0.5) is 8.78 Å². The first-order valence-electron chi connectivity index (χ1n) is 9.90. The summed E-state index contributed by atoms with van der Waals surface area (Å²) in [6.45, 7) is 4.51. The zero-order valence-electron chi connectivity index (χ0n) is 16.0. The SMILES string of the molecule is CC(CCC(CCC(C)C1CC1)C1CC(F)(F)C1)CC(O)N(C)C. The van der Waals surface area contributed by atoms with E-state index in [0.29, 0.717) is 11.8 Å². The summed E-state index contributed by atoms with van der Waals surface area (Å²) in [4.78, 5) is 1.83. The van der Waals surface area contributed by atoms with Crippen molar-refractivity contribution in [1.82, 2.24) is 4.90 Å². The van der Waals surface area contributed by atoms with E-state index in [1.165, 1.54) is 19.3 Å². The van der Waals surface area contributed by atoms with Crippen LogP contribution in [-0.4, -0.2) is 36.3 Å². The lowest BCUT2D eigenvalue weighted by Crippen LogP contribution is -2.40. The van der Waals surface area contributed by atoms with Gasteiger partial charge in [-0.25, -0.2) is 8.78 Å². The lowest BCUT2D eigenvalue weighted by molar-refractivity contribution is -0.128. The molecule has 0 spiro atoms. The molecule has 4 unspecified atom stereocenters. The van der Waals surface area contributed by atoms with Gasteiger partial charge in [0.2, 0.25) is 5.92 Å². The Hall–Kier alpha value is -0.220. The molecule has 0 aromatic rings. The van der Waals surface area contributed by atoms with Crippen LogP contribution in [0.2, 0.25) is 0 Å². The predicted molar refractivity (Wildman–Crippen MR) is 95.0 cm³/mol. The number of hydrogen-bond donors (Lipinski definition) is 1. The lowest BCUT2D eigenvalue weighted by atomic mass is 9.69. The highest BCUT2D eigenvalue weighted by Gasteiger charge is 2.48. The zero-order valence-corrected chi connectivity index (χ0v) is 16.0. The van der Waals surface area contributed by atoms with Crippen molar-refractivity contribution in [1.29, 1.82) is 0 Å². The van der Waals surface area contributed by atoms with Gasteiger partial charge in [0.05, 0.1) is 0 Å². The normalized spacial score (nSPS) is 26.0. The van der Waals surface area contributed by atoms with Crippen molar-refractivity contribution in [3.63, 3.8) is 0 Å². The van der Waals surface area contributed by atoms with Crippen molar-refractivity contribution in [3.8, 4) is 0 Å². The Bertz CT molecular complexity index is 376. The van der Waals surface area contributed by atoms with Crippen LogP contribution in [0.15, 0.2) is 0 Å². The third kappa shape index (κ3) is 6.25. The number of halogens is 2. The summed E-state index contributed by atoms with van der Waals surface area (Å²) in [6.07, 6.45) is 7.69. The molecule has 2 rings (SSSR count). The molecule has 2 fully saturated rings. The molecule has 4 atom stereocenters. The maximum atomic E-state index is 13.3. The summed E-state index contributed by atoms with van der Waals surface area (Å²) in [5.41, 5.74) is 0. The second kappa shape index (κ2) is 8.44. The van der Waals surface area contributed by atoms with E-state index >= 15 is 0 Å². The van der Waals surface area contributed by atoms with Gasteiger partial charge in [-0.3, -0.25) is 4.90 Å². The van der Waals surface area contributed by atoms with Crippen molar-refractivity contribution in [2.45, 2.75) is 83.8 Å². The first kappa shape index (κ1) is 20.1. The van der Waals surface area contributed by atoms with Gasteiger partial charge in [-0.05, 0) is 75.8 Å². The summed E-state index contributed by atoms with van der Waals surface area (Å²) < 4.78 is 26.6. The van der Waals surface area contributed by atoms with Gasteiger partial charge in [-0.1, -0.05) is 26.7 Å². The van der Waals surface area contributed by atoms with Gasteiger partial charge in [-0.2, -0.15) is 0 Å². The Morgan fingerprint density at radius 2 is 1.58 bits per heavy atom. The minimum absolute atomic E-state index is 0.101. The Morgan fingerprint density at radius 3 is 2.08 bits per heavy atom. The van der Waals surface area contributed by atoms with Gasteiger partial charge >= 0.3 is 0 Å². The average Bonchev–Trinajstić information content (AvgIpc) is 3.29. The molecule has 0 aromatic carbocycles. The molecule has 0 saturated heterocycles. The van der Waals surface area contributed by atoms with Gasteiger partial charge in [-0.15, -0.1) is 0 Å². The molecule has 2 saturated carbocycles. The Morgan fingerprint density at radius 1 is 1.00 bits per heavy atom. The van der Waals surface area contributed by atoms with E-state index < -0.39 is 12.2 Å². The highest BCUT2D eigenvalue weighted by atomic mass is 19.3. The van der Waals surface area contributed by atoms with Crippen LogP contribution in [-0.2, 0) is 0 Å². The van der Waals surface area contributed by atoms with Gasteiger partial charge in [0, 0.05) is 12.8 Å². The van der Waals surface area contributed by atoms with Crippen LogP contribution in [0, 0.1) is 29.6 Å². The first-order chi connectivity index (χ1) is 11.2. The van der Waals surface area contributed by atoms with Crippen molar-refractivity contribution < 1.29 is 13.9 Å². The fourth-order valence-corrected chi connectivity index (χ4v) is 4.22. The minimum atomic E-state index is -2.41.